The number of alkyl halides is 3. The predicted octanol–water partition coefficient (Wildman–Crippen LogP) is 5.70. The molecule has 0 spiro atoms. The third-order valence-corrected chi connectivity index (χ3v) is 8.63. The third kappa shape index (κ3) is 8.12. The lowest BCUT2D eigenvalue weighted by molar-refractivity contribution is -0.136. The van der Waals surface area contributed by atoms with Gasteiger partial charge < -0.3 is 10.6 Å². The number of halogens is 5. The Morgan fingerprint density at radius 1 is 1.15 bits per heavy atom. The van der Waals surface area contributed by atoms with Gasteiger partial charge in [0.25, 0.3) is 10.0 Å². The van der Waals surface area contributed by atoms with E-state index in [1.54, 1.807) is 50.2 Å². The highest BCUT2D eigenvalue weighted by atomic mass is 35.5. The minimum Gasteiger partial charge on any atom is -0.360 e. The van der Waals surface area contributed by atoms with Gasteiger partial charge in [0.2, 0.25) is 5.91 Å². The van der Waals surface area contributed by atoms with Crippen molar-refractivity contribution in [2.75, 3.05) is 6.54 Å². The summed E-state index contributed by atoms with van der Waals surface area (Å²) in [5.41, 5.74) is -0.0575. The monoisotopic (exact) mass is 604 g/mol. The summed E-state index contributed by atoms with van der Waals surface area (Å²) in [6.07, 6.45) is -5.13. The number of hydrogen-bond acceptors (Lipinski definition) is 5. The number of carbonyl (C=O) groups is 1. The number of amides is 1. The highest BCUT2D eigenvalue weighted by Crippen LogP contribution is 2.29. The Kier molecular flexibility index (Phi) is 9.61. The summed E-state index contributed by atoms with van der Waals surface area (Å²) in [5.74, 6) is -0.182. The van der Waals surface area contributed by atoms with Crippen molar-refractivity contribution < 1.29 is 26.4 Å². The topological polar surface area (TPSA) is 90.9 Å². The van der Waals surface area contributed by atoms with Crippen molar-refractivity contribution in [1.29, 1.82) is 0 Å². The van der Waals surface area contributed by atoms with E-state index in [2.05, 4.69) is 22.2 Å². The summed E-state index contributed by atoms with van der Waals surface area (Å²) in [6, 6.07) is 11.9. The van der Waals surface area contributed by atoms with Gasteiger partial charge in [0, 0.05) is 18.7 Å². The average molecular weight is 606 g/mol. The third-order valence-electron chi connectivity index (χ3n) is 6.05. The Hall–Kier alpha value is -2.76. The number of nitrogens with zero attached hydrogens (tertiary/aromatic N) is 2. The molecule has 0 radical (unpaired) electrons. The number of benzene rings is 2. The van der Waals surface area contributed by atoms with Crippen LogP contribution in [0.5, 0.6) is 0 Å². The number of nitrogens with one attached hydrogen (secondary N) is 2. The summed E-state index contributed by atoms with van der Waals surface area (Å²) in [7, 11) is -4.00. The molecule has 3 rings (SSSR count). The Bertz CT molecular complexity index is 1350. The van der Waals surface area contributed by atoms with Crippen molar-refractivity contribution in [3.63, 3.8) is 0 Å². The number of amidine groups is 1. The molecule has 1 aliphatic heterocycles. The molecule has 0 fully saturated rings. The van der Waals surface area contributed by atoms with Crippen molar-refractivity contribution in [2.45, 2.75) is 62.3 Å². The molecule has 0 saturated heterocycles. The quantitative estimate of drug-likeness (QED) is 0.344. The Balaban J connectivity index is 1.74. The predicted molar refractivity (Wildman–Crippen MR) is 146 cm³/mol. The minimum absolute atomic E-state index is 0.0530. The zero-order valence-corrected chi connectivity index (χ0v) is 23.7. The van der Waals surface area contributed by atoms with E-state index in [0.29, 0.717) is 16.4 Å². The van der Waals surface area contributed by atoms with Gasteiger partial charge >= 0.3 is 6.18 Å². The molecule has 0 aromatic heterocycles. The minimum atomic E-state index is -4.38. The molecule has 0 aliphatic carbocycles. The summed E-state index contributed by atoms with van der Waals surface area (Å²) >= 11 is 12.2. The lowest BCUT2D eigenvalue weighted by Gasteiger charge is -2.27. The molecular formula is C26H29Cl2F3N4O3S. The molecule has 13 heteroatoms. The van der Waals surface area contributed by atoms with Crippen LogP contribution in [0.4, 0.5) is 13.2 Å². The van der Waals surface area contributed by atoms with Crippen LogP contribution >= 0.6 is 23.2 Å². The van der Waals surface area contributed by atoms with Crippen LogP contribution in [0.15, 0.2) is 70.7 Å². The smallest absolute Gasteiger partial charge is 0.360 e. The Morgan fingerprint density at radius 3 is 2.44 bits per heavy atom. The molecule has 2 aromatic rings. The first-order valence-corrected chi connectivity index (χ1v) is 14.2. The van der Waals surface area contributed by atoms with Crippen molar-refractivity contribution in [1.82, 2.24) is 14.9 Å². The fourth-order valence-corrected chi connectivity index (χ4v) is 5.84. The van der Waals surface area contributed by atoms with Crippen LogP contribution in [-0.4, -0.2) is 48.8 Å². The van der Waals surface area contributed by atoms with Crippen LogP contribution in [-0.2, 0) is 21.4 Å². The van der Waals surface area contributed by atoms with Crippen LogP contribution in [0.3, 0.4) is 0 Å². The first-order chi connectivity index (χ1) is 18.1. The second kappa shape index (κ2) is 12.2. The second-order valence-corrected chi connectivity index (χ2v) is 12.3. The molecule has 2 N–H and O–H groups in total. The average Bonchev–Trinajstić information content (AvgIpc) is 3.17. The summed E-state index contributed by atoms with van der Waals surface area (Å²) in [4.78, 5) is 17.1. The summed E-state index contributed by atoms with van der Waals surface area (Å²) < 4.78 is 65.7. The standard InChI is InChI=1S/C26H29Cl2F3N4O3S/c1-17(9-12-22-33-23(25(2,3)34-22)24(36)32-14-13-26(29,30)31)35(16-18-10-11-20(27)21(28)15-18)39(37,38)19-7-5-4-6-8-19/h4-8,10-11,15,23H,1,9,12-14,16H2,2-3H3,(H,32,36)(H,33,34)/t23-/m0/s1. The molecule has 1 atom stereocenters. The van der Waals surface area contributed by atoms with E-state index in [1.807, 2.05) is 0 Å². The molecule has 2 aromatic carbocycles. The molecule has 39 heavy (non-hydrogen) atoms. The zero-order chi connectivity index (χ0) is 29.0. The van der Waals surface area contributed by atoms with Gasteiger partial charge in [-0.05, 0) is 50.1 Å². The Labute approximate surface area is 236 Å². The zero-order valence-electron chi connectivity index (χ0n) is 21.4. The van der Waals surface area contributed by atoms with Gasteiger partial charge in [-0.2, -0.15) is 13.2 Å². The van der Waals surface area contributed by atoms with Crippen LogP contribution in [0, 0.1) is 0 Å². The molecule has 0 bridgehead atoms. The number of sulfonamides is 1. The van der Waals surface area contributed by atoms with E-state index in [-0.39, 0.29) is 35.0 Å². The van der Waals surface area contributed by atoms with E-state index in [9.17, 15) is 26.4 Å². The van der Waals surface area contributed by atoms with Gasteiger partial charge in [0.15, 0.2) is 0 Å². The summed E-state index contributed by atoms with van der Waals surface area (Å²) in [6.45, 7) is 6.80. The van der Waals surface area contributed by atoms with Crippen molar-refractivity contribution in [3.05, 3.63) is 76.4 Å². The maximum absolute atomic E-state index is 13.6. The van der Waals surface area contributed by atoms with E-state index in [0.717, 1.165) is 0 Å². The van der Waals surface area contributed by atoms with Gasteiger partial charge in [0.1, 0.15) is 6.04 Å². The van der Waals surface area contributed by atoms with Crippen molar-refractivity contribution >= 4 is 45.0 Å². The van der Waals surface area contributed by atoms with Crippen molar-refractivity contribution in [2.24, 2.45) is 4.99 Å². The molecule has 1 amide bonds. The van der Waals surface area contributed by atoms with E-state index < -0.39 is 46.7 Å². The number of allylic oxidation sites excluding steroid dienone is 1. The van der Waals surface area contributed by atoms with Gasteiger partial charge in [-0.1, -0.05) is 54.0 Å². The van der Waals surface area contributed by atoms with Gasteiger partial charge in [-0.3, -0.25) is 14.1 Å². The summed E-state index contributed by atoms with van der Waals surface area (Å²) in [5, 5.41) is 5.88. The molecule has 212 valence electrons. The second-order valence-electron chi connectivity index (χ2n) is 9.59. The maximum Gasteiger partial charge on any atom is 0.390 e. The molecule has 1 heterocycles. The highest BCUT2D eigenvalue weighted by Gasteiger charge is 2.41. The Morgan fingerprint density at radius 2 is 1.82 bits per heavy atom. The fraction of sp³-hybridized carbons (Fsp3) is 0.385. The van der Waals surface area contributed by atoms with E-state index in [4.69, 9.17) is 23.2 Å². The highest BCUT2D eigenvalue weighted by molar-refractivity contribution is 7.89. The van der Waals surface area contributed by atoms with Gasteiger partial charge in [-0.15, -0.1) is 0 Å². The first kappa shape index (κ1) is 30.8. The molecule has 1 aliphatic rings. The SMILES string of the molecule is C=C(CCC1=NC(C)(C)[C@H](C(=O)NCCC(F)(F)F)N1)N(Cc1ccc(Cl)c(Cl)c1)S(=O)(=O)c1ccccc1. The van der Waals surface area contributed by atoms with Crippen LogP contribution < -0.4 is 10.6 Å². The van der Waals surface area contributed by atoms with Crippen LogP contribution in [0.1, 0.15) is 38.7 Å². The number of aliphatic imine (C=N–C) groups is 1. The lowest BCUT2D eigenvalue weighted by atomic mass is 9.96. The number of hydrogen-bond donors (Lipinski definition) is 2. The largest absolute Gasteiger partial charge is 0.390 e. The molecule has 0 unspecified atom stereocenters. The van der Waals surface area contributed by atoms with Crippen LogP contribution in [0.25, 0.3) is 0 Å². The van der Waals surface area contributed by atoms with Gasteiger partial charge in [-0.25, -0.2) is 8.42 Å². The number of rotatable bonds is 11. The van der Waals surface area contributed by atoms with Crippen LogP contribution in [0.2, 0.25) is 10.0 Å². The van der Waals surface area contributed by atoms with E-state index in [1.165, 1.54) is 16.4 Å². The lowest BCUT2D eigenvalue weighted by Crippen LogP contribution is -2.52. The maximum atomic E-state index is 13.6. The fourth-order valence-electron chi connectivity index (χ4n) is 4.01. The molecular weight excluding hydrogens is 576 g/mol. The molecule has 7 nitrogen and oxygen atoms in total. The first-order valence-electron chi connectivity index (χ1n) is 12.0. The van der Waals surface area contributed by atoms with Gasteiger partial charge in [0.05, 0.1) is 39.3 Å². The normalized spacial score (nSPS) is 16.8. The number of carbonyl (C=O) groups excluding carboxylic acids is 1. The van der Waals surface area contributed by atoms with E-state index >= 15 is 0 Å². The molecule has 0 saturated carbocycles. The van der Waals surface area contributed by atoms with Crippen molar-refractivity contribution in [3.8, 4) is 0 Å².